The number of carbonyl (C=O) groups is 2. The van der Waals surface area contributed by atoms with Gasteiger partial charge in [-0.3, -0.25) is 9.59 Å². The zero-order valence-corrected chi connectivity index (χ0v) is 25.7. The van der Waals surface area contributed by atoms with Crippen molar-refractivity contribution < 1.29 is 23.5 Å². The lowest BCUT2D eigenvalue weighted by Gasteiger charge is -2.34. The van der Waals surface area contributed by atoms with Gasteiger partial charge in [0.15, 0.2) is 0 Å². The van der Waals surface area contributed by atoms with Crippen molar-refractivity contribution in [1.82, 2.24) is 10.6 Å². The molecule has 3 aromatic rings. The molecular formula is C35H45F2N3O3. The molecule has 43 heavy (non-hydrogen) atoms. The van der Waals surface area contributed by atoms with E-state index in [-0.39, 0.29) is 24.4 Å². The van der Waals surface area contributed by atoms with Crippen molar-refractivity contribution in [3.8, 4) is 0 Å². The third-order valence-electron chi connectivity index (χ3n) is 8.04. The van der Waals surface area contributed by atoms with E-state index < -0.39 is 35.5 Å². The topological polar surface area (TPSA) is 104 Å². The fourth-order valence-electron chi connectivity index (χ4n) is 5.93. The fourth-order valence-corrected chi connectivity index (χ4v) is 5.93. The highest BCUT2D eigenvalue weighted by atomic mass is 19.1. The van der Waals surface area contributed by atoms with Gasteiger partial charge in [0.1, 0.15) is 11.6 Å². The monoisotopic (exact) mass is 593 g/mol. The molecule has 0 radical (unpaired) electrons. The van der Waals surface area contributed by atoms with Crippen LogP contribution in [0.2, 0.25) is 0 Å². The molecule has 232 valence electrons. The Labute approximate surface area is 254 Å². The first-order valence-electron chi connectivity index (χ1n) is 15.2. The maximum Gasteiger partial charge on any atom is 0.251 e. The van der Waals surface area contributed by atoms with Crippen LogP contribution in [0.15, 0.2) is 54.6 Å². The van der Waals surface area contributed by atoms with Crippen LogP contribution in [0.3, 0.4) is 0 Å². The summed E-state index contributed by atoms with van der Waals surface area (Å²) in [5.41, 5.74) is 10.2. The molecule has 0 saturated heterocycles. The third kappa shape index (κ3) is 9.43. The minimum Gasteiger partial charge on any atom is -0.391 e. The number of halogens is 2. The van der Waals surface area contributed by atoms with Crippen molar-refractivity contribution >= 4 is 11.8 Å². The van der Waals surface area contributed by atoms with Crippen LogP contribution in [0.5, 0.6) is 0 Å². The quantitative estimate of drug-likeness (QED) is 0.154. The molecule has 6 nitrogen and oxygen atoms in total. The van der Waals surface area contributed by atoms with Gasteiger partial charge in [-0.2, -0.15) is 0 Å². The molecule has 1 unspecified atom stereocenters. The summed E-state index contributed by atoms with van der Waals surface area (Å²) in [7, 11) is 1.52. The molecule has 0 spiro atoms. The second-order valence-corrected chi connectivity index (χ2v) is 11.3. The number of benzene rings is 3. The van der Waals surface area contributed by atoms with E-state index in [9.17, 15) is 23.5 Å². The van der Waals surface area contributed by atoms with E-state index in [1.54, 1.807) is 19.1 Å². The van der Waals surface area contributed by atoms with Gasteiger partial charge in [0.2, 0.25) is 5.91 Å². The Morgan fingerprint density at radius 3 is 2.23 bits per heavy atom. The minimum absolute atomic E-state index is 0.124. The number of carbonyl (C=O) groups excluding carboxylic acids is 2. The number of nitrogens with two attached hydrogens (primary N) is 1. The second-order valence-electron chi connectivity index (χ2n) is 11.3. The highest BCUT2D eigenvalue weighted by Crippen LogP contribution is 2.39. The summed E-state index contributed by atoms with van der Waals surface area (Å²) in [5, 5.41) is 17.8. The number of hydrogen-bond donors (Lipinski definition) is 4. The van der Waals surface area contributed by atoms with E-state index in [0.717, 1.165) is 37.3 Å². The predicted octanol–water partition coefficient (Wildman–Crippen LogP) is 5.97. The van der Waals surface area contributed by atoms with Gasteiger partial charge >= 0.3 is 0 Å². The summed E-state index contributed by atoms with van der Waals surface area (Å²) in [6, 6.07) is 14.9. The van der Waals surface area contributed by atoms with Gasteiger partial charge in [0.25, 0.3) is 5.91 Å². The van der Waals surface area contributed by atoms with Gasteiger partial charge in [0, 0.05) is 37.3 Å². The number of aliphatic hydroxyl groups is 1. The van der Waals surface area contributed by atoms with Crippen molar-refractivity contribution in [3.63, 3.8) is 0 Å². The van der Waals surface area contributed by atoms with Gasteiger partial charge in [-0.1, -0.05) is 57.4 Å². The van der Waals surface area contributed by atoms with Crippen LogP contribution in [-0.2, 0) is 19.4 Å². The number of hydrogen-bond acceptors (Lipinski definition) is 4. The molecule has 0 fully saturated rings. The molecule has 0 aromatic heterocycles. The predicted molar refractivity (Wildman–Crippen MR) is 167 cm³/mol. The largest absolute Gasteiger partial charge is 0.391 e. The SMILES string of the molecule is CCCCCC(c1c(C(N)=O)cc(C)cc1C(=O)NC)[C@H](Cc1cc(F)cc(F)c1)[C@@H](O)CNCc1cccc(CC)c1. The Kier molecular flexibility index (Phi) is 12.8. The first-order chi connectivity index (χ1) is 20.6. The van der Waals surface area contributed by atoms with Crippen molar-refractivity contribution in [1.29, 1.82) is 0 Å². The fraction of sp³-hybridized carbons (Fsp3) is 0.429. The Bertz CT molecular complexity index is 1370. The molecule has 3 atom stereocenters. The molecule has 0 bridgehead atoms. The summed E-state index contributed by atoms with van der Waals surface area (Å²) >= 11 is 0. The summed E-state index contributed by atoms with van der Waals surface area (Å²) < 4.78 is 28.6. The van der Waals surface area contributed by atoms with E-state index in [0.29, 0.717) is 35.2 Å². The summed E-state index contributed by atoms with van der Waals surface area (Å²) in [6.07, 6.45) is 3.19. The van der Waals surface area contributed by atoms with Crippen molar-refractivity contribution in [2.45, 2.75) is 77.9 Å². The molecule has 0 saturated carbocycles. The molecule has 5 N–H and O–H groups in total. The average molecular weight is 594 g/mol. The van der Waals surface area contributed by atoms with Crippen LogP contribution in [0.25, 0.3) is 0 Å². The van der Waals surface area contributed by atoms with E-state index in [2.05, 4.69) is 36.6 Å². The summed E-state index contributed by atoms with van der Waals surface area (Å²) in [6.45, 7) is 6.66. The van der Waals surface area contributed by atoms with E-state index in [4.69, 9.17) is 5.73 Å². The van der Waals surface area contributed by atoms with Crippen molar-refractivity contribution in [3.05, 3.63) is 105 Å². The van der Waals surface area contributed by atoms with Crippen LogP contribution in [0.4, 0.5) is 8.78 Å². The van der Waals surface area contributed by atoms with Crippen LogP contribution >= 0.6 is 0 Å². The molecule has 0 aliphatic carbocycles. The first-order valence-corrected chi connectivity index (χ1v) is 15.2. The highest BCUT2D eigenvalue weighted by Gasteiger charge is 2.35. The normalized spacial score (nSPS) is 13.4. The highest BCUT2D eigenvalue weighted by molar-refractivity contribution is 6.02. The molecule has 0 heterocycles. The Morgan fingerprint density at radius 2 is 1.60 bits per heavy atom. The number of rotatable bonds is 16. The van der Waals surface area contributed by atoms with E-state index in [1.807, 2.05) is 12.1 Å². The molecule has 3 aromatic carbocycles. The number of aliphatic hydroxyl groups excluding tert-OH is 1. The zero-order chi connectivity index (χ0) is 31.5. The Morgan fingerprint density at radius 1 is 0.930 bits per heavy atom. The molecule has 0 aliphatic rings. The number of nitrogens with one attached hydrogen (secondary N) is 2. The molecule has 2 amide bonds. The van der Waals surface area contributed by atoms with E-state index >= 15 is 0 Å². The van der Waals surface area contributed by atoms with Crippen LogP contribution < -0.4 is 16.4 Å². The van der Waals surface area contributed by atoms with Gasteiger partial charge in [-0.05, 0) is 90.1 Å². The number of unbranched alkanes of at least 4 members (excludes halogenated alkanes) is 2. The lowest BCUT2D eigenvalue weighted by molar-refractivity contribution is 0.0847. The Hall–Kier alpha value is -3.62. The first kappa shape index (κ1) is 33.9. The molecule has 0 aliphatic heterocycles. The summed E-state index contributed by atoms with van der Waals surface area (Å²) in [4.78, 5) is 26.0. The van der Waals surface area contributed by atoms with Gasteiger partial charge in [0.05, 0.1) is 6.10 Å². The van der Waals surface area contributed by atoms with Crippen LogP contribution in [-0.4, -0.2) is 36.6 Å². The van der Waals surface area contributed by atoms with Crippen molar-refractivity contribution in [2.75, 3.05) is 13.6 Å². The maximum absolute atomic E-state index is 14.3. The van der Waals surface area contributed by atoms with Crippen LogP contribution in [0, 0.1) is 24.5 Å². The Balaban J connectivity index is 2.10. The lowest BCUT2D eigenvalue weighted by Crippen LogP contribution is -2.38. The lowest BCUT2D eigenvalue weighted by atomic mass is 9.72. The molecular weight excluding hydrogens is 548 g/mol. The zero-order valence-electron chi connectivity index (χ0n) is 25.7. The van der Waals surface area contributed by atoms with Crippen LogP contribution in [0.1, 0.15) is 94.0 Å². The number of aryl methyl sites for hydroxylation is 2. The van der Waals surface area contributed by atoms with Gasteiger partial charge < -0.3 is 21.5 Å². The standard InChI is InChI=1S/C35H45F2N3O3/c1-5-7-8-12-28(33-30(34(38)42)13-22(3)14-31(33)35(43)39-4)29(18-25-16-26(36)19-27(37)17-25)32(41)21-40-20-24-11-9-10-23(6-2)15-24/h9-11,13-17,19,28-29,32,40-41H,5-8,12,18,20-21H2,1-4H3,(H2,38,42)(H,39,43)/t28?,29-,32-/m0/s1. The minimum atomic E-state index is -0.980. The molecule has 8 heteroatoms. The maximum atomic E-state index is 14.3. The number of primary amides is 1. The summed E-state index contributed by atoms with van der Waals surface area (Å²) in [5.74, 6) is -3.58. The van der Waals surface area contributed by atoms with E-state index in [1.165, 1.54) is 24.7 Å². The smallest absolute Gasteiger partial charge is 0.251 e. The second kappa shape index (κ2) is 16.3. The van der Waals surface area contributed by atoms with Crippen molar-refractivity contribution in [2.24, 2.45) is 11.7 Å². The molecule has 3 rings (SSSR count). The van der Waals surface area contributed by atoms with Gasteiger partial charge in [-0.15, -0.1) is 0 Å². The number of amides is 2. The average Bonchev–Trinajstić information content (AvgIpc) is 2.97. The third-order valence-corrected chi connectivity index (χ3v) is 8.04. The van der Waals surface area contributed by atoms with Gasteiger partial charge in [-0.25, -0.2) is 8.78 Å².